The predicted octanol–water partition coefficient (Wildman–Crippen LogP) is 2.78. The average Bonchev–Trinajstić information content (AvgIpc) is 3.09. The summed E-state index contributed by atoms with van der Waals surface area (Å²) >= 11 is 3.36. The molecule has 3 rings (SSSR count). The van der Waals surface area contributed by atoms with Gasteiger partial charge in [-0.05, 0) is 41.5 Å². The van der Waals surface area contributed by atoms with E-state index in [1.807, 2.05) is 0 Å². The molecule has 2 aromatic rings. The van der Waals surface area contributed by atoms with E-state index in [0.717, 1.165) is 23.1 Å². The largest absolute Gasteiger partial charge is 0.478 e. The maximum Gasteiger partial charge on any atom is 0.337 e. The Hall–Kier alpha value is -1.76. The summed E-state index contributed by atoms with van der Waals surface area (Å²) in [7, 11) is 0. The molecule has 0 atom stereocenters. The van der Waals surface area contributed by atoms with Gasteiger partial charge in [-0.25, -0.2) is 4.79 Å². The van der Waals surface area contributed by atoms with Crippen molar-refractivity contribution in [3.05, 3.63) is 34.1 Å². The van der Waals surface area contributed by atoms with E-state index in [1.54, 1.807) is 22.9 Å². The Morgan fingerprint density at radius 1 is 1.35 bits per heavy atom. The number of halogens is 1. The molecule has 0 spiro atoms. The minimum atomic E-state index is -0.986. The fraction of sp³-hybridized carbons (Fsp3) is 0.385. The van der Waals surface area contributed by atoms with Gasteiger partial charge in [0, 0.05) is 10.4 Å². The SMILES string of the molecule is O=C(O)c1ccc(Br)cc1-n1nnnc1C1CCCC1. The van der Waals surface area contributed by atoms with Gasteiger partial charge in [-0.3, -0.25) is 0 Å². The topological polar surface area (TPSA) is 80.9 Å². The van der Waals surface area contributed by atoms with Crippen molar-refractivity contribution in [2.24, 2.45) is 0 Å². The van der Waals surface area contributed by atoms with Gasteiger partial charge >= 0.3 is 5.97 Å². The molecule has 0 radical (unpaired) electrons. The third-order valence-electron chi connectivity index (χ3n) is 3.63. The minimum absolute atomic E-state index is 0.194. The zero-order chi connectivity index (χ0) is 14.1. The van der Waals surface area contributed by atoms with Crippen LogP contribution in [0, 0.1) is 0 Å². The summed E-state index contributed by atoms with van der Waals surface area (Å²) < 4.78 is 2.36. The van der Waals surface area contributed by atoms with Crippen LogP contribution in [0.3, 0.4) is 0 Å². The van der Waals surface area contributed by atoms with E-state index >= 15 is 0 Å². The lowest BCUT2D eigenvalue weighted by atomic mass is 10.1. The molecule has 1 heterocycles. The lowest BCUT2D eigenvalue weighted by molar-refractivity contribution is 0.0696. The second kappa shape index (κ2) is 5.32. The van der Waals surface area contributed by atoms with Crippen molar-refractivity contribution in [3.8, 4) is 5.69 Å². The fourth-order valence-corrected chi connectivity index (χ4v) is 3.01. The highest BCUT2D eigenvalue weighted by Crippen LogP contribution is 2.34. The molecule has 1 aliphatic carbocycles. The van der Waals surface area contributed by atoms with Crippen molar-refractivity contribution in [1.82, 2.24) is 20.2 Å². The third-order valence-corrected chi connectivity index (χ3v) is 4.13. The number of tetrazole rings is 1. The number of carbonyl (C=O) groups is 1. The van der Waals surface area contributed by atoms with Gasteiger partial charge in [0.1, 0.15) is 0 Å². The highest BCUT2D eigenvalue weighted by atomic mass is 79.9. The molecule has 1 aromatic carbocycles. The Morgan fingerprint density at radius 2 is 2.10 bits per heavy atom. The maximum atomic E-state index is 11.4. The summed E-state index contributed by atoms with van der Waals surface area (Å²) in [6.07, 6.45) is 4.44. The molecule has 7 heteroatoms. The third kappa shape index (κ3) is 2.33. The Morgan fingerprint density at radius 3 is 2.80 bits per heavy atom. The van der Waals surface area contributed by atoms with E-state index in [-0.39, 0.29) is 5.56 Å². The van der Waals surface area contributed by atoms with Crippen molar-refractivity contribution < 1.29 is 9.90 Å². The molecular formula is C13H13BrN4O2. The fourth-order valence-electron chi connectivity index (χ4n) is 2.67. The number of hydrogen-bond donors (Lipinski definition) is 1. The summed E-state index contributed by atoms with van der Waals surface area (Å²) in [4.78, 5) is 11.4. The molecule has 1 saturated carbocycles. The number of rotatable bonds is 3. The van der Waals surface area contributed by atoms with Crippen LogP contribution in [-0.4, -0.2) is 31.3 Å². The second-order valence-electron chi connectivity index (χ2n) is 4.90. The number of aromatic nitrogens is 4. The van der Waals surface area contributed by atoms with E-state index < -0.39 is 5.97 Å². The normalized spacial score (nSPS) is 15.7. The maximum absolute atomic E-state index is 11.4. The van der Waals surface area contributed by atoms with Crippen LogP contribution in [0.2, 0.25) is 0 Å². The molecule has 0 amide bonds. The Balaban J connectivity index is 2.11. The summed E-state index contributed by atoms with van der Waals surface area (Å²) in [6.45, 7) is 0. The van der Waals surface area contributed by atoms with Gasteiger partial charge in [-0.15, -0.1) is 5.10 Å². The van der Waals surface area contributed by atoms with E-state index in [0.29, 0.717) is 11.6 Å². The van der Waals surface area contributed by atoms with E-state index in [2.05, 4.69) is 31.5 Å². The number of carboxylic acids is 1. The number of nitrogens with zero attached hydrogens (tertiary/aromatic N) is 4. The van der Waals surface area contributed by atoms with Gasteiger partial charge in [-0.1, -0.05) is 28.8 Å². The first-order chi connectivity index (χ1) is 9.66. The van der Waals surface area contributed by atoms with Crippen LogP contribution in [0.15, 0.2) is 22.7 Å². The first kappa shape index (κ1) is 13.2. The smallest absolute Gasteiger partial charge is 0.337 e. The molecule has 1 aromatic heterocycles. The van der Waals surface area contributed by atoms with Gasteiger partial charge in [0.25, 0.3) is 0 Å². The van der Waals surface area contributed by atoms with Gasteiger partial charge in [0.2, 0.25) is 0 Å². The number of carboxylic acid groups (broad SMARTS) is 1. The van der Waals surface area contributed by atoms with Crippen LogP contribution in [0.1, 0.15) is 47.8 Å². The zero-order valence-corrected chi connectivity index (χ0v) is 12.2. The van der Waals surface area contributed by atoms with E-state index in [4.69, 9.17) is 0 Å². The Kier molecular flexibility index (Phi) is 3.52. The highest BCUT2D eigenvalue weighted by molar-refractivity contribution is 9.10. The number of benzene rings is 1. The highest BCUT2D eigenvalue weighted by Gasteiger charge is 2.25. The minimum Gasteiger partial charge on any atom is -0.478 e. The Bertz CT molecular complexity index is 650. The summed E-state index contributed by atoms with van der Waals surface area (Å²) in [5.74, 6) is 0.0779. The monoisotopic (exact) mass is 336 g/mol. The van der Waals surface area contributed by atoms with E-state index in [1.165, 1.54) is 12.8 Å². The Labute approximate surface area is 123 Å². The van der Waals surface area contributed by atoms with Crippen molar-refractivity contribution in [2.45, 2.75) is 31.6 Å². The van der Waals surface area contributed by atoms with Crippen LogP contribution >= 0.6 is 15.9 Å². The number of hydrogen-bond acceptors (Lipinski definition) is 4. The van der Waals surface area contributed by atoms with Gasteiger partial charge in [-0.2, -0.15) is 4.68 Å². The van der Waals surface area contributed by atoms with Crippen LogP contribution < -0.4 is 0 Å². The van der Waals surface area contributed by atoms with Crippen LogP contribution in [-0.2, 0) is 0 Å². The first-order valence-corrected chi connectivity index (χ1v) is 7.27. The molecule has 0 bridgehead atoms. The van der Waals surface area contributed by atoms with Crippen molar-refractivity contribution in [3.63, 3.8) is 0 Å². The lowest BCUT2D eigenvalue weighted by Gasteiger charge is -2.11. The molecule has 0 saturated heterocycles. The molecular weight excluding hydrogens is 324 g/mol. The summed E-state index contributed by atoms with van der Waals surface area (Å²) in [5, 5.41) is 21.1. The molecule has 0 aliphatic heterocycles. The van der Waals surface area contributed by atoms with Crippen LogP contribution in [0.25, 0.3) is 5.69 Å². The first-order valence-electron chi connectivity index (χ1n) is 6.48. The molecule has 1 N–H and O–H groups in total. The predicted molar refractivity (Wildman–Crippen MR) is 75.0 cm³/mol. The van der Waals surface area contributed by atoms with Crippen LogP contribution in [0.5, 0.6) is 0 Å². The van der Waals surface area contributed by atoms with Crippen LogP contribution in [0.4, 0.5) is 0 Å². The lowest BCUT2D eigenvalue weighted by Crippen LogP contribution is -2.11. The molecule has 6 nitrogen and oxygen atoms in total. The second-order valence-corrected chi connectivity index (χ2v) is 5.81. The molecule has 0 unspecified atom stereocenters. The standard InChI is InChI=1S/C13H13BrN4O2/c14-9-5-6-10(13(19)20)11(7-9)18-12(15-16-17-18)8-3-1-2-4-8/h5-8H,1-4H2,(H,19,20). The average molecular weight is 337 g/mol. The quantitative estimate of drug-likeness (QED) is 0.931. The van der Waals surface area contributed by atoms with Gasteiger partial charge in [0.05, 0.1) is 11.3 Å². The van der Waals surface area contributed by atoms with Gasteiger partial charge in [0.15, 0.2) is 5.82 Å². The van der Waals surface area contributed by atoms with Crippen molar-refractivity contribution in [1.29, 1.82) is 0 Å². The zero-order valence-electron chi connectivity index (χ0n) is 10.7. The van der Waals surface area contributed by atoms with E-state index in [9.17, 15) is 9.90 Å². The summed E-state index contributed by atoms with van der Waals surface area (Å²) in [6, 6.07) is 4.99. The molecule has 104 valence electrons. The summed E-state index contributed by atoms with van der Waals surface area (Å²) in [5.41, 5.74) is 0.693. The number of aromatic carboxylic acids is 1. The molecule has 1 aliphatic rings. The molecule has 1 fully saturated rings. The van der Waals surface area contributed by atoms with Gasteiger partial charge < -0.3 is 5.11 Å². The van der Waals surface area contributed by atoms with Crippen molar-refractivity contribution in [2.75, 3.05) is 0 Å². The molecule has 20 heavy (non-hydrogen) atoms. The van der Waals surface area contributed by atoms with Crippen molar-refractivity contribution >= 4 is 21.9 Å².